The molecular formula is C16H26N4. The van der Waals surface area contributed by atoms with Crippen molar-refractivity contribution < 1.29 is 0 Å². The Bertz CT molecular complexity index is 411. The molecule has 0 aromatic carbocycles. The summed E-state index contributed by atoms with van der Waals surface area (Å²) in [6, 6.07) is 2.99. The van der Waals surface area contributed by atoms with E-state index in [-0.39, 0.29) is 5.92 Å². The van der Waals surface area contributed by atoms with Crippen molar-refractivity contribution in [2.75, 3.05) is 20.6 Å². The van der Waals surface area contributed by atoms with Gasteiger partial charge in [0.1, 0.15) is 6.17 Å². The molecule has 0 bridgehead atoms. The fourth-order valence-electron chi connectivity index (χ4n) is 4.42. The van der Waals surface area contributed by atoms with E-state index in [4.69, 9.17) is 4.99 Å². The van der Waals surface area contributed by atoms with E-state index in [1.165, 1.54) is 19.3 Å². The summed E-state index contributed by atoms with van der Waals surface area (Å²) in [6.45, 7) is 1.12. The number of rotatable bonds is 2. The molecule has 0 spiro atoms. The van der Waals surface area contributed by atoms with Crippen molar-refractivity contribution in [1.82, 2.24) is 10.2 Å². The number of nitrogens with zero attached hydrogens (tertiary/aromatic N) is 3. The van der Waals surface area contributed by atoms with E-state index in [0.717, 1.165) is 25.3 Å². The zero-order chi connectivity index (χ0) is 14.1. The number of aliphatic imine (C=N–C) groups is 1. The average molecular weight is 274 g/mol. The lowest BCUT2D eigenvalue weighted by Gasteiger charge is -2.40. The van der Waals surface area contributed by atoms with Crippen molar-refractivity contribution in [2.24, 2.45) is 28.7 Å². The summed E-state index contributed by atoms with van der Waals surface area (Å²) in [4.78, 5) is 6.96. The minimum Gasteiger partial charge on any atom is -0.305 e. The van der Waals surface area contributed by atoms with Gasteiger partial charge in [0, 0.05) is 12.3 Å². The van der Waals surface area contributed by atoms with Gasteiger partial charge in [-0.25, -0.2) is 0 Å². The van der Waals surface area contributed by atoms with Crippen LogP contribution in [0.4, 0.5) is 0 Å². The molecule has 1 saturated carbocycles. The van der Waals surface area contributed by atoms with Crippen LogP contribution in [0.5, 0.6) is 0 Å². The Morgan fingerprint density at radius 2 is 2.05 bits per heavy atom. The number of fused-ring (bicyclic) bond motifs is 1. The molecule has 1 N–H and O–H groups in total. The molecule has 110 valence electrons. The Hall–Kier alpha value is -0.920. The van der Waals surface area contributed by atoms with E-state index >= 15 is 0 Å². The first-order chi connectivity index (χ1) is 9.69. The van der Waals surface area contributed by atoms with Crippen molar-refractivity contribution in [3.05, 3.63) is 0 Å². The number of hydrogen-bond donors (Lipinski definition) is 1. The van der Waals surface area contributed by atoms with Crippen molar-refractivity contribution in [1.29, 1.82) is 5.26 Å². The smallest absolute Gasteiger partial charge is 0.102 e. The average Bonchev–Trinajstić information content (AvgIpc) is 2.93. The van der Waals surface area contributed by atoms with Crippen LogP contribution in [-0.2, 0) is 0 Å². The molecule has 0 aromatic heterocycles. The van der Waals surface area contributed by atoms with Crippen LogP contribution in [0, 0.1) is 35.0 Å². The second-order valence-electron chi connectivity index (χ2n) is 6.99. The summed E-state index contributed by atoms with van der Waals surface area (Å²) < 4.78 is 0. The first-order valence-corrected chi connectivity index (χ1v) is 8.01. The van der Waals surface area contributed by atoms with Gasteiger partial charge in [-0.05, 0) is 70.5 Å². The van der Waals surface area contributed by atoms with Crippen LogP contribution in [0.1, 0.15) is 32.1 Å². The van der Waals surface area contributed by atoms with Crippen LogP contribution in [0.15, 0.2) is 4.99 Å². The Labute approximate surface area is 122 Å². The van der Waals surface area contributed by atoms with Crippen molar-refractivity contribution >= 4 is 6.21 Å². The molecule has 2 heterocycles. The fourth-order valence-corrected chi connectivity index (χ4v) is 4.42. The maximum Gasteiger partial charge on any atom is 0.102 e. The van der Waals surface area contributed by atoms with Crippen molar-refractivity contribution in [3.8, 4) is 6.07 Å². The number of nitriles is 1. The standard InChI is InChI=1S/C16H26N4/c1-20(2)15-4-3-11(7-13(15)9-17)14-8-12-5-6-18-16(12)19-10-14/h10-16,18H,3-8H2,1-2H3. The van der Waals surface area contributed by atoms with Crippen LogP contribution >= 0.6 is 0 Å². The van der Waals surface area contributed by atoms with E-state index < -0.39 is 0 Å². The largest absolute Gasteiger partial charge is 0.305 e. The highest BCUT2D eigenvalue weighted by molar-refractivity contribution is 5.62. The first kappa shape index (κ1) is 14.0. The Morgan fingerprint density at radius 3 is 2.80 bits per heavy atom. The maximum absolute atomic E-state index is 9.46. The van der Waals surface area contributed by atoms with Crippen LogP contribution in [0.3, 0.4) is 0 Å². The molecule has 6 unspecified atom stereocenters. The molecule has 4 nitrogen and oxygen atoms in total. The zero-order valence-corrected chi connectivity index (χ0v) is 12.6. The summed E-state index contributed by atoms with van der Waals surface area (Å²) in [5.41, 5.74) is 0. The van der Waals surface area contributed by atoms with Gasteiger partial charge in [0.15, 0.2) is 0 Å². The van der Waals surface area contributed by atoms with Gasteiger partial charge in [-0.3, -0.25) is 10.3 Å². The molecule has 1 saturated heterocycles. The van der Waals surface area contributed by atoms with Gasteiger partial charge in [0.25, 0.3) is 0 Å². The SMILES string of the molecule is CN(C)C1CCC(C2C=NC3NCCC3C2)CC1C#N. The van der Waals surface area contributed by atoms with Gasteiger partial charge in [0.05, 0.1) is 12.0 Å². The highest BCUT2D eigenvalue weighted by Gasteiger charge is 2.39. The van der Waals surface area contributed by atoms with E-state index in [0.29, 0.717) is 24.0 Å². The van der Waals surface area contributed by atoms with Crippen molar-refractivity contribution in [3.63, 3.8) is 0 Å². The van der Waals surface area contributed by atoms with Gasteiger partial charge >= 0.3 is 0 Å². The third-order valence-electron chi connectivity index (χ3n) is 5.62. The predicted octanol–water partition coefficient (Wildman–Crippen LogP) is 1.88. The third-order valence-corrected chi connectivity index (χ3v) is 5.62. The zero-order valence-electron chi connectivity index (χ0n) is 12.6. The minimum atomic E-state index is 0.191. The fraction of sp³-hybridized carbons (Fsp3) is 0.875. The van der Waals surface area contributed by atoms with Gasteiger partial charge in [0.2, 0.25) is 0 Å². The van der Waals surface area contributed by atoms with Gasteiger partial charge in [-0.1, -0.05) is 0 Å². The molecule has 0 amide bonds. The Morgan fingerprint density at radius 1 is 1.20 bits per heavy atom. The molecule has 4 heteroatoms. The molecule has 0 radical (unpaired) electrons. The first-order valence-electron chi connectivity index (χ1n) is 8.01. The highest BCUT2D eigenvalue weighted by Crippen LogP contribution is 2.40. The monoisotopic (exact) mass is 274 g/mol. The van der Waals surface area contributed by atoms with E-state index in [1.54, 1.807) is 0 Å². The van der Waals surface area contributed by atoms with Crippen LogP contribution in [-0.4, -0.2) is 44.0 Å². The van der Waals surface area contributed by atoms with E-state index in [1.807, 2.05) is 0 Å². The topological polar surface area (TPSA) is 51.4 Å². The van der Waals surface area contributed by atoms with Crippen LogP contribution in [0.25, 0.3) is 0 Å². The number of nitrogens with one attached hydrogen (secondary N) is 1. The highest BCUT2D eigenvalue weighted by atomic mass is 15.1. The van der Waals surface area contributed by atoms with E-state index in [9.17, 15) is 5.26 Å². The molecule has 2 fully saturated rings. The molecule has 0 aromatic rings. The number of hydrogen-bond acceptors (Lipinski definition) is 4. The molecule has 2 aliphatic heterocycles. The summed E-state index contributed by atoms with van der Waals surface area (Å²) in [5.74, 6) is 2.20. The van der Waals surface area contributed by atoms with Gasteiger partial charge < -0.3 is 4.90 Å². The summed E-state index contributed by atoms with van der Waals surface area (Å²) in [7, 11) is 4.21. The molecular weight excluding hydrogens is 248 g/mol. The van der Waals surface area contributed by atoms with Crippen LogP contribution in [0.2, 0.25) is 0 Å². The second-order valence-corrected chi connectivity index (χ2v) is 6.99. The lowest BCUT2D eigenvalue weighted by molar-refractivity contribution is 0.130. The summed E-state index contributed by atoms with van der Waals surface area (Å²) in [6.07, 6.45) is 8.60. The lowest BCUT2D eigenvalue weighted by atomic mass is 9.70. The predicted molar refractivity (Wildman–Crippen MR) is 80.4 cm³/mol. The Balaban J connectivity index is 1.64. The quantitative estimate of drug-likeness (QED) is 0.836. The van der Waals surface area contributed by atoms with Crippen molar-refractivity contribution in [2.45, 2.75) is 44.3 Å². The molecule has 20 heavy (non-hydrogen) atoms. The third kappa shape index (κ3) is 2.62. The maximum atomic E-state index is 9.46. The molecule has 3 rings (SSSR count). The lowest BCUT2D eigenvalue weighted by Crippen LogP contribution is -2.42. The molecule has 3 aliphatic rings. The second kappa shape index (κ2) is 5.83. The molecule has 1 aliphatic carbocycles. The normalized spacial score (nSPS) is 44.3. The molecule has 6 atom stereocenters. The van der Waals surface area contributed by atoms with Gasteiger partial charge in [-0.15, -0.1) is 0 Å². The van der Waals surface area contributed by atoms with Crippen LogP contribution < -0.4 is 5.32 Å². The summed E-state index contributed by atoms with van der Waals surface area (Å²) in [5, 5.41) is 12.9. The minimum absolute atomic E-state index is 0.191. The van der Waals surface area contributed by atoms with E-state index in [2.05, 4.69) is 36.6 Å². The van der Waals surface area contributed by atoms with Gasteiger partial charge in [-0.2, -0.15) is 5.26 Å². The Kier molecular flexibility index (Phi) is 4.09. The summed E-state index contributed by atoms with van der Waals surface area (Å²) >= 11 is 0.